The summed E-state index contributed by atoms with van der Waals surface area (Å²) in [5.41, 5.74) is 3.37. The molecular weight excluding hydrogens is 610 g/mol. The topological polar surface area (TPSA) is 133 Å². The fourth-order valence-electron chi connectivity index (χ4n) is 5.64. The largest absolute Gasteiger partial charge is 0.497 e. The zero-order valence-corrected chi connectivity index (χ0v) is 28.0. The Balaban J connectivity index is 1.82. The maximum Gasteiger partial charge on any atom is 0.246 e. The van der Waals surface area contributed by atoms with Gasteiger partial charge in [0.05, 0.1) is 53.0 Å². The zero-order valence-electron chi connectivity index (χ0n) is 27.2. The van der Waals surface area contributed by atoms with Crippen LogP contribution < -0.4 is 45.1 Å². The van der Waals surface area contributed by atoms with Crippen molar-refractivity contribution < 1.29 is 33.3 Å². The van der Waals surface area contributed by atoms with E-state index in [2.05, 4.69) is 16.0 Å². The molecule has 0 aliphatic heterocycles. The zero-order chi connectivity index (χ0) is 33.4. The molecule has 246 valence electrons. The quantitative estimate of drug-likeness (QED) is 0.231. The lowest BCUT2D eigenvalue weighted by atomic mass is 9.95. The van der Waals surface area contributed by atoms with E-state index in [0.717, 1.165) is 11.1 Å². The van der Waals surface area contributed by atoms with Crippen LogP contribution in [0.1, 0.15) is 36.9 Å². The second kappa shape index (κ2) is 15.6. The molecule has 0 bridgehead atoms. The number of rotatable bonds is 13. The van der Waals surface area contributed by atoms with Gasteiger partial charge in [0.2, 0.25) is 23.0 Å². The molecule has 2 amide bonds. The third-order valence-electron chi connectivity index (χ3n) is 7.84. The first-order valence-electron chi connectivity index (χ1n) is 14.7. The summed E-state index contributed by atoms with van der Waals surface area (Å²) in [6.07, 6.45) is 3.52. The third kappa shape index (κ3) is 7.44. The molecular formula is C34H41N3O8S. The number of methoxy groups -OCH3 is 5. The summed E-state index contributed by atoms with van der Waals surface area (Å²) in [5.74, 6) is 2.55. The number of carbonyl (C=O) groups is 2. The number of carbonyl (C=O) groups excluding carboxylic acids is 2. The molecule has 0 radical (unpaired) electrons. The molecule has 3 aromatic carbocycles. The van der Waals surface area contributed by atoms with Gasteiger partial charge >= 0.3 is 0 Å². The van der Waals surface area contributed by atoms with Crippen molar-refractivity contribution in [1.29, 1.82) is 0 Å². The average Bonchev–Trinajstić information content (AvgIpc) is 3.30. The van der Waals surface area contributed by atoms with E-state index in [1.54, 1.807) is 57.4 Å². The third-order valence-corrected chi connectivity index (χ3v) is 8.48. The molecule has 46 heavy (non-hydrogen) atoms. The first-order valence-corrected chi connectivity index (χ1v) is 16.1. The second-order valence-corrected chi connectivity index (χ2v) is 11.6. The summed E-state index contributed by atoms with van der Waals surface area (Å²) in [4.78, 5) is 39.8. The van der Waals surface area contributed by atoms with Crippen LogP contribution in [0.5, 0.6) is 28.7 Å². The average molecular weight is 652 g/mol. The molecule has 0 saturated carbocycles. The molecule has 4 rings (SSSR count). The van der Waals surface area contributed by atoms with Gasteiger partial charge in [0, 0.05) is 18.6 Å². The number of aryl methyl sites for hydroxylation is 1. The van der Waals surface area contributed by atoms with Gasteiger partial charge in [-0.05, 0) is 78.3 Å². The molecule has 0 heterocycles. The Labute approximate surface area is 273 Å². The minimum Gasteiger partial charge on any atom is -0.497 e. The van der Waals surface area contributed by atoms with Gasteiger partial charge in [-0.1, -0.05) is 6.07 Å². The van der Waals surface area contributed by atoms with E-state index < -0.39 is 12.1 Å². The molecule has 12 heteroatoms. The van der Waals surface area contributed by atoms with E-state index >= 15 is 0 Å². The van der Waals surface area contributed by atoms with Gasteiger partial charge in [-0.15, -0.1) is 0 Å². The highest BCUT2D eigenvalue weighted by Gasteiger charge is 2.30. The first kappa shape index (κ1) is 34.3. The van der Waals surface area contributed by atoms with Crippen LogP contribution in [0.4, 0.5) is 11.4 Å². The van der Waals surface area contributed by atoms with Crippen molar-refractivity contribution >= 4 is 35.0 Å². The molecule has 1 aliphatic rings. The van der Waals surface area contributed by atoms with Gasteiger partial charge in [-0.2, -0.15) is 11.8 Å². The fourth-order valence-corrected chi connectivity index (χ4v) is 6.11. The molecule has 0 aromatic heterocycles. The summed E-state index contributed by atoms with van der Waals surface area (Å²) in [6.45, 7) is 1.45. The minimum absolute atomic E-state index is 0.218. The van der Waals surface area contributed by atoms with Gasteiger partial charge < -0.3 is 39.6 Å². The molecule has 2 atom stereocenters. The summed E-state index contributed by atoms with van der Waals surface area (Å²) in [7, 11) is 7.71. The van der Waals surface area contributed by atoms with E-state index in [-0.39, 0.29) is 22.9 Å². The lowest BCUT2D eigenvalue weighted by molar-refractivity contribution is -0.120. The molecule has 3 aromatic rings. The van der Waals surface area contributed by atoms with Crippen LogP contribution in [0.25, 0.3) is 11.1 Å². The predicted octanol–water partition coefficient (Wildman–Crippen LogP) is 5.05. The van der Waals surface area contributed by atoms with Crippen molar-refractivity contribution in [3.63, 3.8) is 0 Å². The Morgan fingerprint density at radius 1 is 0.891 bits per heavy atom. The van der Waals surface area contributed by atoms with E-state index in [1.165, 1.54) is 27.2 Å². The molecule has 11 nitrogen and oxygen atoms in total. The van der Waals surface area contributed by atoms with E-state index in [1.807, 2.05) is 18.4 Å². The standard InChI is InChI=1S/C34H41N3O8S/c1-19(38)35-24-11-8-20-16-30(43-4)32(44-5)33(45-6)31(20)22-10-13-25(28(39)18-23(22)24)36-27(14-15-46-7)34(40)37-26-12-9-21(41-2)17-29(26)42-3/h9-10,12-13,16-18,24,27H,8,11,14-15H2,1-7H3,(H,35,38)(H,36,39)(H,37,40)/t24-,27-/m0/s1. The van der Waals surface area contributed by atoms with Gasteiger partial charge in [0.15, 0.2) is 11.5 Å². The number of nitrogens with one attached hydrogen (secondary N) is 3. The maximum absolute atomic E-state index is 13.9. The van der Waals surface area contributed by atoms with Crippen molar-refractivity contribution in [2.24, 2.45) is 0 Å². The van der Waals surface area contributed by atoms with Crippen molar-refractivity contribution in [3.05, 3.63) is 63.8 Å². The number of hydrogen-bond donors (Lipinski definition) is 3. The van der Waals surface area contributed by atoms with Crippen LogP contribution in [-0.2, 0) is 16.0 Å². The number of amides is 2. The van der Waals surface area contributed by atoms with Crippen LogP contribution in [-0.4, -0.2) is 65.4 Å². The predicted molar refractivity (Wildman–Crippen MR) is 181 cm³/mol. The molecule has 1 aliphatic carbocycles. The van der Waals surface area contributed by atoms with Crippen LogP contribution in [0.15, 0.2) is 47.3 Å². The number of benzene rings is 2. The van der Waals surface area contributed by atoms with Crippen molar-refractivity contribution in [2.75, 3.05) is 58.2 Å². The highest BCUT2D eigenvalue weighted by atomic mass is 32.2. The van der Waals surface area contributed by atoms with Crippen LogP contribution in [0.2, 0.25) is 0 Å². The summed E-state index contributed by atoms with van der Waals surface area (Å²) in [6, 6.07) is 10.8. The van der Waals surface area contributed by atoms with Crippen molar-refractivity contribution in [1.82, 2.24) is 5.32 Å². The Bertz CT molecular complexity index is 1650. The lowest BCUT2D eigenvalue weighted by Gasteiger charge is -2.20. The number of hydrogen-bond acceptors (Lipinski definition) is 10. The number of anilines is 2. The lowest BCUT2D eigenvalue weighted by Crippen LogP contribution is -2.36. The van der Waals surface area contributed by atoms with Crippen LogP contribution in [0.3, 0.4) is 0 Å². The smallest absolute Gasteiger partial charge is 0.246 e. The van der Waals surface area contributed by atoms with Crippen LogP contribution in [0, 0.1) is 0 Å². The number of fused-ring (bicyclic) bond motifs is 3. The second-order valence-electron chi connectivity index (χ2n) is 10.6. The molecule has 0 unspecified atom stereocenters. The molecule has 0 fully saturated rings. The number of thioether (sulfide) groups is 1. The van der Waals surface area contributed by atoms with Crippen molar-refractivity contribution in [3.8, 4) is 39.9 Å². The van der Waals surface area contributed by atoms with E-state index in [9.17, 15) is 14.4 Å². The van der Waals surface area contributed by atoms with E-state index in [0.29, 0.717) is 70.6 Å². The summed E-state index contributed by atoms with van der Waals surface area (Å²) < 4.78 is 27.9. The highest BCUT2D eigenvalue weighted by Crippen LogP contribution is 2.50. The Hall–Kier alpha value is -4.58. The monoisotopic (exact) mass is 651 g/mol. The Morgan fingerprint density at radius 3 is 2.24 bits per heavy atom. The molecule has 3 N–H and O–H groups in total. The Morgan fingerprint density at radius 2 is 1.61 bits per heavy atom. The Kier molecular flexibility index (Phi) is 11.6. The maximum atomic E-state index is 13.9. The molecule has 0 spiro atoms. The SMILES string of the molecule is COc1ccc(NC(=O)[C@H](CCSC)Nc2ccc3c(cc2=O)[C@@H](NC(C)=O)CCc2cc(OC)c(OC)c(OC)c2-3)c(OC)c1. The molecule has 0 saturated heterocycles. The van der Waals surface area contributed by atoms with Gasteiger partial charge in [0.1, 0.15) is 17.5 Å². The van der Waals surface area contributed by atoms with Crippen molar-refractivity contribution in [2.45, 2.75) is 38.3 Å². The normalized spacial score (nSPS) is 14.0. The van der Waals surface area contributed by atoms with E-state index in [4.69, 9.17) is 23.7 Å². The minimum atomic E-state index is -0.744. The van der Waals surface area contributed by atoms with Gasteiger partial charge in [-0.3, -0.25) is 14.4 Å². The first-order chi connectivity index (χ1) is 22.2. The van der Waals surface area contributed by atoms with Gasteiger partial charge in [-0.25, -0.2) is 0 Å². The number of ether oxygens (including phenoxy) is 5. The van der Waals surface area contributed by atoms with Gasteiger partial charge in [0.25, 0.3) is 0 Å². The fraction of sp³-hybridized carbons (Fsp3) is 0.382. The summed E-state index contributed by atoms with van der Waals surface area (Å²) >= 11 is 1.59. The highest BCUT2D eigenvalue weighted by molar-refractivity contribution is 7.98. The van der Waals surface area contributed by atoms with Crippen LogP contribution >= 0.6 is 11.8 Å². The summed E-state index contributed by atoms with van der Waals surface area (Å²) in [5, 5.41) is 9.14.